The molecular formula is C9H18N2O2. The van der Waals surface area contributed by atoms with Gasteiger partial charge in [0.05, 0.1) is 0 Å². The van der Waals surface area contributed by atoms with E-state index in [1.165, 1.54) is 0 Å². The largest absolute Gasteiger partial charge is 0.465 e. The first kappa shape index (κ1) is 10.3. The predicted octanol–water partition coefficient (Wildman–Crippen LogP) is 1.03. The molecule has 1 fully saturated rings. The van der Waals surface area contributed by atoms with E-state index in [-0.39, 0.29) is 11.5 Å². The predicted molar refractivity (Wildman–Crippen MR) is 50.8 cm³/mol. The molecule has 4 heteroatoms. The minimum absolute atomic E-state index is 0.0710. The van der Waals surface area contributed by atoms with Crippen LogP contribution in [-0.2, 0) is 0 Å². The quantitative estimate of drug-likeness (QED) is 0.573. The fourth-order valence-electron chi connectivity index (χ4n) is 1.68. The summed E-state index contributed by atoms with van der Waals surface area (Å²) in [4.78, 5) is 10.4. The van der Waals surface area contributed by atoms with E-state index in [0.29, 0.717) is 6.04 Å². The number of carbonyl (C=O) groups is 1. The third-order valence-corrected chi connectivity index (χ3v) is 2.50. The summed E-state index contributed by atoms with van der Waals surface area (Å²) in [7, 11) is 0. The summed E-state index contributed by atoms with van der Waals surface area (Å²) in [5, 5.41) is 14.3. The van der Waals surface area contributed by atoms with E-state index in [2.05, 4.69) is 31.4 Å². The molecule has 1 rings (SSSR count). The number of nitrogens with one attached hydrogen (secondary N) is 2. The van der Waals surface area contributed by atoms with Gasteiger partial charge in [0.2, 0.25) is 0 Å². The van der Waals surface area contributed by atoms with Gasteiger partial charge >= 0.3 is 6.09 Å². The molecule has 1 aliphatic rings. The zero-order chi connectivity index (χ0) is 10.1. The Kier molecular flexibility index (Phi) is 2.81. The normalized spacial score (nSPS) is 28.8. The lowest BCUT2D eigenvalue weighted by atomic mass is 9.85. The molecular weight excluding hydrogens is 168 g/mol. The van der Waals surface area contributed by atoms with Crippen molar-refractivity contribution in [1.82, 2.24) is 10.6 Å². The molecule has 0 aromatic heterocycles. The maximum absolute atomic E-state index is 10.4. The number of carboxylic acid groups (broad SMARTS) is 1. The Labute approximate surface area is 78.7 Å². The number of hydrogen-bond donors (Lipinski definition) is 3. The Morgan fingerprint density at radius 2 is 2.15 bits per heavy atom. The van der Waals surface area contributed by atoms with Gasteiger partial charge in [0.1, 0.15) is 0 Å². The van der Waals surface area contributed by atoms with E-state index in [1.807, 2.05) is 0 Å². The van der Waals surface area contributed by atoms with Crippen molar-refractivity contribution in [1.29, 1.82) is 0 Å². The van der Waals surface area contributed by atoms with Crippen LogP contribution in [0.15, 0.2) is 0 Å². The third-order valence-electron chi connectivity index (χ3n) is 2.50. The van der Waals surface area contributed by atoms with Gasteiger partial charge in [0.15, 0.2) is 0 Å². The SMILES string of the molecule is CC(C)(C)C1CC(NC(=O)O)CN1. The van der Waals surface area contributed by atoms with Gasteiger partial charge in [-0.3, -0.25) is 0 Å². The zero-order valence-corrected chi connectivity index (χ0v) is 8.42. The van der Waals surface area contributed by atoms with Crippen LogP contribution in [0.25, 0.3) is 0 Å². The summed E-state index contributed by atoms with van der Waals surface area (Å²) in [6, 6.07) is 0.478. The van der Waals surface area contributed by atoms with Gasteiger partial charge in [-0.15, -0.1) is 0 Å². The van der Waals surface area contributed by atoms with Crippen molar-refractivity contribution in [3.05, 3.63) is 0 Å². The molecule has 1 amide bonds. The minimum atomic E-state index is -0.929. The van der Waals surface area contributed by atoms with Crippen LogP contribution >= 0.6 is 0 Å². The van der Waals surface area contributed by atoms with Crippen LogP contribution in [0.1, 0.15) is 27.2 Å². The second kappa shape index (κ2) is 3.54. The van der Waals surface area contributed by atoms with Crippen molar-refractivity contribution in [2.75, 3.05) is 6.54 Å². The monoisotopic (exact) mass is 186 g/mol. The van der Waals surface area contributed by atoms with Crippen molar-refractivity contribution < 1.29 is 9.90 Å². The molecule has 76 valence electrons. The van der Waals surface area contributed by atoms with Crippen molar-refractivity contribution in [2.24, 2.45) is 5.41 Å². The Bertz CT molecular complexity index is 198. The molecule has 13 heavy (non-hydrogen) atoms. The van der Waals surface area contributed by atoms with Crippen LogP contribution in [0, 0.1) is 5.41 Å². The smallest absolute Gasteiger partial charge is 0.404 e. The summed E-state index contributed by atoms with van der Waals surface area (Å²) < 4.78 is 0. The highest BCUT2D eigenvalue weighted by Gasteiger charge is 2.32. The summed E-state index contributed by atoms with van der Waals surface area (Å²) in [5.41, 5.74) is 0.203. The van der Waals surface area contributed by atoms with Crippen LogP contribution in [-0.4, -0.2) is 29.8 Å². The van der Waals surface area contributed by atoms with Crippen molar-refractivity contribution in [3.8, 4) is 0 Å². The fourth-order valence-corrected chi connectivity index (χ4v) is 1.68. The molecule has 2 unspecified atom stereocenters. The molecule has 0 saturated carbocycles. The number of amides is 1. The molecule has 0 aromatic rings. The first-order valence-electron chi connectivity index (χ1n) is 4.62. The highest BCUT2D eigenvalue weighted by Crippen LogP contribution is 2.25. The summed E-state index contributed by atoms with van der Waals surface area (Å²) >= 11 is 0. The highest BCUT2D eigenvalue weighted by atomic mass is 16.4. The van der Waals surface area contributed by atoms with Gasteiger partial charge < -0.3 is 15.7 Å². The maximum Gasteiger partial charge on any atom is 0.404 e. The summed E-state index contributed by atoms with van der Waals surface area (Å²) in [6.45, 7) is 7.23. The first-order chi connectivity index (χ1) is 5.89. The minimum Gasteiger partial charge on any atom is -0.465 e. The van der Waals surface area contributed by atoms with E-state index >= 15 is 0 Å². The van der Waals surface area contributed by atoms with Gasteiger partial charge in [-0.05, 0) is 11.8 Å². The lowest BCUT2D eigenvalue weighted by Gasteiger charge is -2.26. The Balaban J connectivity index is 2.41. The molecule has 1 heterocycles. The third kappa shape index (κ3) is 2.88. The van der Waals surface area contributed by atoms with E-state index in [4.69, 9.17) is 5.11 Å². The van der Waals surface area contributed by atoms with E-state index in [1.54, 1.807) is 0 Å². The number of rotatable bonds is 1. The Morgan fingerprint density at radius 1 is 1.54 bits per heavy atom. The Morgan fingerprint density at radius 3 is 2.54 bits per heavy atom. The molecule has 1 saturated heterocycles. The molecule has 0 aromatic carbocycles. The Hall–Kier alpha value is -0.770. The highest BCUT2D eigenvalue weighted by molar-refractivity contribution is 5.64. The molecule has 2 atom stereocenters. The van der Waals surface area contributed by atoms with E-state index < -0.39 is 6.09 Å². The topological polar surface area (TPSA) is 61.4 Å². The van der Waals surface area contributed by atoms with Crippen LogP contribution < -0.4 is 10.6 Å². The van der Waals surface area contributed by atoms with Gasteiger partial charge in [0.25, 0.3) is 0 Å². The second-order valence-electron chi connectivity index (χ2n) is 4.71. The summed E-state index contributed by atoms with van der Waals surface area (Å²) in [5.74, 6) is 0. The van der Waals surface area contributed by atoms with Gasteiger partial charge in [-0.25, -0.2) is 4.79 Å². The first-order valence-corrected chi connectivity index (χ1v) is 4.62. The second-order valence-corrected chi connectivity index (χ2v) is 4.71. The molecule has 0 spiro atoms. The standard InChI is InChI=1S/C9H18N2O2/c1-9(2,3)7-4-6(5-10-7)11-8(12)13/h6-7,10-11H,4-5H2,1-3H3,(H,12,13). The van der Waals surface area contributed by atoms with Crippen LogP contribution in [0.2, 0.25) is 0 Å². The zero-order valence-electron chi connectivity index (χ0n) is 8.42. The average Bonchev–Trinajstić information content (AvgIpc) is 2.32. The molecule has 1 aliphatic heterocycles. The maximum atomic E-state index is 10.4. The average molecular weight is 186 g/mol. The molecule has 0 radical (unpaired) electrons. The lowest BCUT2D eigenvalue weighted by Crippen LogP contribution is -2.34. The van der Waals surface area contributed by atoms with Gasteiger partial charge in [-0.1, -0.05) is 20.8 Å². The van der Waals surface area contributed by atoms with E-state index in [9.17, 15) is 4.79 Å². The molecule has 3 N–H and O–H groups in total. The lowest BCUT2D eigenvalue weighted by molar-refractivity contribution is 0.190. The van der Waals surface area contributed by atoms with Crippen molar-refractivity contribution >= 4 is 6.09 Å². The van der Waals surface area contributed by atoms with Crippen LogP contribution in [0.4, 0.5) is 4.79 Å². The molecule has 0 bridgehead atoms. The number of hydrogen-bond acceptors (Lipinski definition) is 2. The van der Waals surface area contributed by atoms with E-state index in [0.717, 1.165) is 13.0 Å². The van der Waals surface area contributed by atoms with Crippen LogP contribution in [0.3, 0.4) is 0 Å². The van der Waals surface area contributed by atoms with Crippen LogP contribution in [0.5, 0.6) is 0 Å². The summed E-state index contributed by atoms with van der Waals surface area (Å²) in [6.07, 6.45) is -0.0446. The van der Waals surface area contributed by atoms with Gasteiger partial charge in [-0.2, -0.15) is 0 Å². The van der Waals surface area contributed by atoms with Crippen molar-refractivity contribution in [2.45, 2.75) is 39.3 Å². The van der Waals surface area contributed by atoms with Gasteiger partial charge in [0, 0.05) is 18.6 Å². The fraction of sp³-hybridized carbons (Fsp3) is 0.889. The molecule has 4 nitrogen and oxygen atoms in total. The molecule has 0 aliphatic carbocycles. The van der Waals surface area contributed by atoms with Crippen molar-refractivity contribution in [3.63, 3.8) is 0 Å².